The molecule has 1 N–H and O–H groups in total. The number of amides is 1. The number of ether oxygens (including phenoxy) is 1. The second kappa shape index (κ2) is 7.29. The molecule has 2 rings (SSSR count). The number of carboxylic acids is 1. The summed E-state index contributed by atoms with van der Waals surface area (Å²) >= 11 is 0. The first-order valence-electron chi connectivity index (χ1n) is 7.70. The summed E-state index contributed by atoms with van der Waals surface area (Å²) in [7, 11) is 1.62. The van der Waals surface area contributed by atoms with E-state index in [4.69, 9.17) is 9.84 Å². The minimum atomic E-state index is -0.947. The van der Waals surface area contributed by atoms with E-state index >= 15 is 0 Å². The zero-order valence-electron chi connectivity index (χ0n) is 13.1. The molecule has 1 atom stereocenters. The van der Waals surface area contributed by atoms with Gasteiger partial charge in [0, 0.05) is 12.5 Å². The summed E-state index contributed by atoms with van der Waals surface area (Å²) in [6.45, 7) is 1.85. The van der Waals surface area contributed by atoms with Gasteiger partial charge in [0.25, 0.3) is 0 Å². The van der Waals surface area contributed by atoms with Crippen molar-refractivity contribution in [2.75, 3.05) is 13.7 Å². The zero-order chi connectivity index (χ0) is 16.1. The van der Waals surface area contributed by atoms with Crippen molar-refractivity contribution in [1.82, 2.24) is 4.90 Å². The monoisotopic (exact) mass is 305 g/mol. The van der Waals surface area contributed by atoms with Crippen molar-refractivity contribution < 1.29 is 19.4 Å². The van der Waals surface area contributed by atoms with Crippen LogP contribution in [0.25, 0.3) is 0 Å². The number of methoxy groups -OCH3 is 1. The fourth-order valence-corrected chi connectivity index (χ4v) is 2.65. The molecular formula is C17H23NO4. The molecule has 1 amide bonds. The van der Waals surface area contributed by atoms with Gasteiger partial charge in [-0.1, -0.05) is 19.1 Å². The van der Waals surface area contributed by atoms with Crippen molar-refractivity contribution >= 4 is 11.9 Å². The van der Waals surface area contributed by atoms with E-state index in [0.29, 0.717) is 6.42 Å². The van der Waals surface area contributed by atoms with Crippen molar-refractivity contribution in [2.45, 2.75) is 44.6 Å². The van der Waals surface area contributed by atoms with Crippen LogP contribution in [-0.2, 0) is 9.59 Å². The first-order chi connectivity index (χ1) is 10.5. The summed E-state index contributed by atoms with van der Waals surface area (Å²) in [5, 5.41) is 8.97. The van der Waals surface area contributed by atoms with Gasteiger partial charge in [0.05, 0.1) is 7.11 Å². The number of carboxylic acid groups (broad SMARTS) is 1. The predicted octanol–water partition coefficient (Wildman–Crippen LogP) is 2.65. The largest absolute Gasteiger partial charge is 0.497 e. The van der Waals surface area contributed by atoms with Crippen LogP contribution in [0.1, 0.15) is 44.1 Å². The fourth-order valence-electron chi connectivity index (χ4n) is 2.65. The third kappa shape index (κ3) is 4.23. The van der Waals surface area contributed by atoms with Crippen LogP contribution in [0.2, 0.25) is 0 Å². The van der Waals surface area contributed by atoms with Crippen LogP contribution in [0.3, 0.4) is 0 Å². The highest BCUT2D eigenvalue weighted by Gasteiger charge is 2.34. The molecule has 120 valence electrons. The summed E-state index contributed by atoms with van der Waals surface area (Å²) in [5.74, 6) is -0.117. The molecule has 1 unspecified atom stereocenters. The Morgan fingerprint density at radius 1 is 1.32 bits per heavy atom. The molecule has 0 radical (unpaired) electrons. The molecule has 0 aliphatic heterocycles. The van der Waals surface area contributed by atoms with E-state index in [2.05, 4.69) is 0 Å². The van der Waals surface area contributed by atoms with Crippen molar-refractivity contribution in [2.24, 2.45) is 0 Å². The maximum absolute atomic E-state index is 12.5. The topological polar surface area (TPSA) is 66.8 Å². The fraction of sp³-hybridized carbons (Fsp3) is 0.529. The standard InChI is InChI=1S/C17H23NO4/c1-3-12(13-4-8-15(22-2)9-5-13)10-16(19)18(11-17(20)21)14-6-7-14/h4-5,8-9,12,14H,3,6-7,10-11H2,1-2H3,(H,20,21). The van der Waals surface area contributed by atoms with Gasteiger partial charge in [-0.2, -0.15) is 0 Å². The van der Waals surface area contributed by atoms with Crippen molar-refractivity contribution in [1.29, 1.82) is 0 Å². The van der Waals surface area contributed by atoms with E-state index in [-0.39, 0.29) is 24.4 Å². The minimum Gasteiger partial charge on any atom is -0.497 e. The molecule has 0 spiro atoms. The average Bonchev–Trinajstić information content (AvgIpc) is 3.34. The van der Waals surface area contributed by atoms with Gasteiger partial charge in [0.15, 0.2) is 0 Å². The first-order valence-corrected chi connectivity index (χ1v) is 7.70. The Kier molecular flexibility index (Phi) is 5.41. The summed E-state index contributed by atoms with van der Waals surface area (Å²) in [5.41, 5.74) is 1.09. The van der Waals surface area contributed by atoms with Crippen LogP contribution in [0, 0.1) is 0 Å². The number of rotatable bonds is 8. The smallest absolute Gasteiger partial charge is 0.323 e. The van der Waals surface area contributed by atoms with Gasteiger partial charge in [0.2, 0.25) is 5.91 Å². The highest BCUT2D eigenvalue weighted by atomic mass is 16.5. The molecule has 1 saturated carbocycles. The number of aliphatic carboxylic acids is 1. The molecule has 1 aromatic rings. The van der Waals surface area contributed by atoms with E-state index in [1.54, 1.807) is 7.11 Å². The van der Waals surface area contributed by atoms with E-state index in [1.165, 1.54) is 4.90 Å². The Balaban J connectivity index is 2.03. The third-order valence-electron chi connectivity index (χ3n) is 4.11. The molecule has 1 aliphatic rings. The number of hydrogen-bond acceptors (Lipinski definition) is 3. The maximum Gasteiger partial charge on any atom is 0.323 e. The molecule has 0 bridgehead atoms. The highest BCUT2D eigenvalue weighted by Crippen LogP contribution is 2.31. The van der Waals surface area contributed by atoms with E-state index < -0.39 is 5.97 Å². The van der Waals surface area contributed by atoms with Crippen LogP contribution < -0.4 is 4.74 Å². The minimum absolute atomic E-state index is 0.0624. The van der Waals surface area contributed by atoms with Gasteiger partial charge in [-0.3, -0.25) is 9.59 Å². The van der Waals surface area contributed by atoms with Gasteiger partial charge in [-0.25, -0.2) is 0 Å². The summed E-state index contributed by atoms with van der Waals surface area (Å²) in [6.07, 6.45) is 3.02. The van der Waals surface area contributed by atoms with Gasteiger partial charge < -0.3 is 14.7 Å². The Bertz CT molecular complexity index is 522. The normalized spacial score (nSPS) is 15.2. The predicted molar refractivity (Wildman–Crippen MR) is 83.0 cm³/mol. The lowest BCUT2D eigenvalue weighted by molar-refractivity contribution is -0.145. The number of carbonyl (C=O) groups is 2. The average molecular weight is 305 g/mol. The lowest BCUT2D eigenvalue weighted by Gasteiger charge is -2.23. The maximum atomic E-state index is 12.5. The molecule has 5 nitrogen and oxygen atoms in total. The molecule has 1 aromatic carbocycles. The quantitative estimate of drug-likeness (QED) is 0.802. The van der Waals surface area contributed by atoms with Crippen molar-refractivity contribution in [3.8, 4) is 5.75 Å². The Hall–Kier alpha value is -2.04. The molecule has 0 heterocycles. The number of nitrogens with zero attached hydrogens (tertiary/aromatic N) is 1. The molecule has 1 aliphatic carbocycles. The van der Waals surface area contributed by atoms with E-state index in [1.807, 2.05) is 31.2 Å². The number of carbonyl (C=O) groups excluding carboxylic acids is 1. The highest BCUT2D eigenvalue weighted by molar-refractivity contribution is 5.82. The van der Waals surface area contributed by atoms with Gasteiger partial charge in [-0.05, 0) is 42.9 Å². The molecule has 5 heteroatoms. The van der Waals surface area contributed by atoms with Gasteiger partial charge >= 0.3 is 5.97 Å². The van der Waals surface area contributed by atoms with Crippen LogP contribution in [0.15, 0.2) is 24.3 Å². The Morgan fingerprint density at radius 2 is 1.95 bits per heavy atom. The van der Waals surface area contributed by atoms with Crippen LogP contribution in [-0.4, -0.2) is 41.6 Å². The Morgan fingerprint density at radius 3 is 2.41 bits per heavy atom. The molecule has 1 fully saturated rings. The molecule has 22 heavy (non-hydrogen) atoms. The first kappa shape index (κ1) is 16.3. The van der Waals surface area contributed by atoms with E-state index in [0.717, 1.165) is 30.6 Å². The number of hydrogen-bond donors (Lipinski definition) is 1. The van der Waals surface area contributed by atoms with Gasteiger partial charge in [0.1, 0.15) is 12.3 Å². The Labute approximate surface area is 130 Å². The van der Waals surface area contributed by atoms with Crippen molar-refractivity contribution in [3.05, 3.63) is 29.8 Å². The summed E-state index contributed by atoms with van der Waals surface area (Å²) in [4.78, 5) is 24.9. The third-order valence-corrected chi connectivity index (χ3v) is 4.11. The summed E-state index contributed by atoms with van der Waals surface area (Å²) < 4.78 is 5.14. The van der Waals surface area contributed by atoms with Crippen LogP contribution in [0.5, 0.6) is 5.75 Å². The SMILES string of the molecule is CCC(CC(=O)N(CC(=O)O)C1CC1)c1ccc(OC)cc1. The van der Waals surface area contributed by atoms with Crippen LogP contribution in [0.4, 0.5) is 0 Å². The second-order valence-electron chi connectivity index (χ2n) is 5.73. The lowest BCUT2D eigenvalue weighted by atomic mass is 9.92. The lowest BCUT2D eigenvalue weighted by Crippen LogP contribution is -2.38. The summed E-state index contributed by atoms with van der Waals surface area (Å²) in [6, 6.07) is 7.84. The van der Waals surface area contributed by atoms with Gasteiger partial charge in [-0.15, -0.1) is 0 Å². The van der Waals surface area contributed by atoms with E-state index in [9.17, 15) is 9.59 Å². The van der Waals surface area contributed by atoms with Crippen LogP contribution >= 0.6 is 0 Å². The molecular weight excluding hydrogens is 282 g/mol. The molecule has 0 aromatic heterocycles. The number of benzene rings is 1. The zero-order valence-corrected chi connectivity index (χ0v) is 13.1. The molecule has 0 saturated heterocycles. The second-order valence-corrected chi connectivity index (χ2v) is 5.73. The van der Waals surface area contributed by atoms with Crippen molar-refractivity contribution in [3.63, 3.8) is 0 Å².